The van der Waals surface area contributed by atoms with Gasteiger partial charge in [-0.05, 0) is 93.5 Å². The van der Waals surface area contributed by atoms with Crippen molar-refractivity contribution in [1.29, 1.82) is 0 Å². The normalized spacial score (nSPS) is 20.9. The molecule has 3 aromatic heterocycles. The Hall–Kier alpha value is -5.67. The fourth-order valence-electron chi connectivity index (χ4n) is 9.79. The second-order valence-corrected chi connectivity index (χ2v) is 18.1. The number of methoxy groups -OCH3 is 1. The number of benzene rings is 3. The number of anilines is 1. The van der Waals surface area contributed by atoms with Gasteiger partial charge < -0.3 is 29.3 Å². The first-order chi connectivity index (χ1) is 30.1. The lowest BCUT2D eigenvalue weighted by Gasteiger charge is -2.30. The second kappa shape index (κ2) is 16.2. The quantitative estimate of drug-likeness (QED) is 0.112. The van der Waals surface area contributed by atoms with Crippen molar-refractivity contribution in [3.05, 3.63) is 71.3 Å². The Morgan fingerprint density at radius 3 is 2.55 bits per heavy atom. The van der Waals surface area contributed by atoms with Crippen molar-refractivity contribution in [3.63, 3.8) is 0 Å². The maximum Gasteiger partial charge on any atom is 0.319 e. The number of nitrogens with zero attached hydrogens (tertiary/aromatic N) is 8. The lowest BCUT2D eigenvalue weighted by Crippen LogP contribution is -2.44. The summed E-state index contributed by atoms with van der Waals surface area (Å²) < 4.78 is 36.5. The predicted molar refractivity (Wildman–Crippen MR) is 235 cm³/mol. The number of ether oxygens (including phenoxy) is 3. The highest BCUT2D eigenvalue weighted by atomic mass is 19.1. The number of aromatic nitrogens is 7. The molecule has 6 aromatic rings. The first-order valence-corrected chi connectivity index (χ1v) is 22.2. The van der Waals surface area contributed by atoms with Crippen molar-refractivity contribution in [1.82, 2.24) is 45.4 Å². The van der Waals surface area contributed by atoms with E-state index < -0.39 is 6.04 Å². The number of likely N-dealkylation sites (tertiary alicyclic amines) is 1. The van der Waals surface area contributed by atoms with Crippen LogP contribution in [-0.4, -0.2) is 104 Å². The van der Waals surface area contributed by atoms with Gasteiger partial charge in [0.25, 0.3) is 0 Å². The minimum absolute atomic E-state index is 0.0462. The first kappa shape index (κ1) is 40.4. The molecular formula is C47H55FN10O4. The van der Waals surface area contributed by atoms with E-state index >= 15 is 4.39 Å². The number of hydrogen-bond donors (Lipinski definition) is 2. The summed E-state index contributed by atoms with van der Waals surface area (Å²) in [7, 11) is 1.65. The second-order valence-electron chi connectivity index (χ2n) is 18.1. The highest BCUT2D eigenvalue weighted by molar-refractivity contribution is 6.06. The largest absolute Gasteiger partial charge is 0.486 e. The van der Waals surface area contributed by atoms with E-state index in [9.17, 15) is 4.79 Å². The van der Waals surface area contributed by atoms with Crippen LogP contribution in [0.25, 0.3) is 44.2 Å². The molecule has 324 valence electrons. The van der Waals surface area contributed by atoms with Gasteiger partial charge >= 0.3 is 6.01 Å². The number of hydrogen-bond acceptors (Lipinski definition) is 11. The summed E-state index contributed by atoms with van der Waals surface area (Å²) in [6, 6.07) is 12.5. The number of fused-ring (bicyclic) bond motifs is 4. The molecule has 4 fully saturated rings. The molecule has 14 nitrogen and oxygen atoms in total. The number of aromatic amines is 1. The molecule has 10 rings (SSSR count). The third-order valence-electron chi connectivity index (χ3n) is 13.5. The summed E-state index contributed by atoms with van der Waals surface area (Å²) in [4.78, 5) is 28.3. The molecule has 1 saturated carbocycles. The van der Waals surface area contributed by atoms with Crippen LogP contribution in [0.3, 0.4) is 0 Å². The van der Waals surface area contributed by atoms with Gasteiger partial charge in [0.05, 0.1) is 24.0 Å². The summed E-state index contributed by atoms with van der Waals surface area (Å²) in [6.07, 6.45) is 8.58. The standard InChI is InChI=1S/C47H55FN10O4/c1-25(2)43(46(59)56-15-7-8-26(56)3)58-22-39(54-55-58)31-11-9-29(10-12-31)24-61-44-41(40-28(5)37(48)18-38-36(40)20-50-53-38)34(30-13-14-30)17-35-42(44)51-47(62-23-27(4)60-6)52-45(35)57-21-32-16-33(57)19-49-32/h9-12,17-18,20,22,25-27,30,32-33,43,49H,7-8,13-16,19,21,23-24H2,1-6H3,(H,50,53)/t26?,27-,32?,33?,43?/m0/s1. The minimum atomic E-state index is -0.430. The lowest BCUT2D eigenvalue weighted by molar-refractivity contribution is -0.137. The van der Waals surface area contributed by atoms with Crippen molar-refractivity contribution < 1.29 is 23.4 Å². The summed E-state index contributed by atoms with van der Waals surface area (Å²) in [5.74, 6) is 1.46. The molecule has 62 heavy (non-hydrogen) atoms. The molecule has 3 saturated heterocycles. The third kappa shape index (κ3) is 7.32. The van der Waals surface area contributed by atoms with Crippen molar-refractivity contribution in [2.45, 2.75) is 110 Å². The summed E-state index contributed by atoms with van der Waals surface area (Å²) in [5, 5.41) is 21.7. The van der Waals surface area contributed by atoms with E-state index in [2.05, 4.69) is 57.6 Å². The van der Waals surface area contributed by atoms with Crippen LogP contribution < -0.4 is 19.7 Å². The van der Waals surface area contributed by atoms with Gasteiger partial charge in [0.2, 0.25) is 5.91 Å². The van der Waals surface area contributed by atoms with Crippen LogP contribution in [0.5, 0.6) is 11.8 Å². The van der Waals surface area contributed by atoms with Gasteiger partial charge in [0.1, 0.15) is 42.1 Å². The molecule has 3 aromatic carbocycles. The smallest absolute Gasteiger partial charge is 0.319 e. The zero-order valence-corrected chi connectivity index (χ0v) is 36.3. The first-order valence-electron chi connectivity index (χ1n) is 22.2. The molecule has 5 atom stereocenters. The average Bonchev–Trinajstić information content (AvgIpc) is 3.80. The van der Waals surface area contributed by atoms with Crippen LogP contribution in [0, 0.1) is 18.7 Å². The van der Waals surface area contributed by atoms with E-state index in [1.54, 1.807) is 18.0 Å². The molecule has 3 aliphatic heterocycles. The topological polar surface area (TPSA) is 148 Å². The maximum atomic E-state index is 15.9. The molecule has 15 heteroatoms. The van der Waals surface area contributed by atoms with E-state index in [-0.39, 0.29) is 54.9 Å². The molecule has 6 heterocycles. The maximum absolute atomic E-state index is 15.9. The number of carbonyl (C=O) groups excluding carboxylic acids is 1. The van der Waals surface area contributed by atoms with Gasteiger partial charge in [0.15, 0.2) is 5.75 Å². The van der Waals surface area contributed by atoms with Gasteiger partial charge in [-0.25, -0.2) is 9.07 Å². The Kier molecular flexibility index (Phi) is 10.6. The number of piperazine rings is 1. The number of amides is 1. The fraction of sp³-hybridized carbons (Fsp3) is 0.489. The van der Waals surface area contributed by atoms with E-state index in [0.717, 1.165) is 96.1 Å². The number of carbonyl (C=O) groups is 1. The Morgan fingerprint density at radius 2 is 1.85 bits per heavy atom. The lowest BCUT2D eigenvalue weighted by atomic mass is 9.88. The molecule has 2 bridgehead atoms. The average molecular weight is 843 g/mol. The van der Waals surface area contributed by atoms with E-state index in [4.69, 9.17) is 24.2 Å². The zero-order chi connectivity index (χ0) is 42.8. The van der Waals surface area contributed by atoms with Crippen molar-refractivity contribution in [2.24, 2.45) is 5.92 Å². The van der Waals surface area contributed by atoms with Gasteiger partial charge in [-0.15, -0.1) is 5.10 Å². The molecule has 1 amide bonds. The van der Waals surface area contributed by atoms with E-state index in [0.29, 0.717) is 40.1 Å². The van der Waals surface area contributed by atoms with Gasteiger partial charge in [-0.3, -0.25) is 9.89 Å². The number of H-pyrrole nitrogens is 1. The van der Waals surface area contributed by atoms with Gasteiger partial charge in [-0.2, -0.15) is 15.1 Å². The van der Waals surface area contributed by atoms with Crippen molar-refractivity contribution >= 4 is 33.5 Å². The SMILES string of the molecule is CO[C@@H](C)COc1nc(N2CC3CC2CN3)c2cc(C3CC3)c(-c3c(C)c(F)cc4[nH]ncc34)c(OCc3ccc(-c4cn(C(C(=O)N5CCCC5C)C(C)C)nn4)cc3)c2n1. The van der Waals surface area contributed by atoms with Crippen LogP contribution in [0.15, 0.2) is 48.8 Å². The van der Waals surface area contributed by atoms with Crippen LogP contribution in [0.1, 0.15) is 88.4 Å². The Labute approximate surface area is 360 Å². The summed E-state index contributed by atoms with van der Waals surface area (Å²) in [6.45, 7) is 12.9. The third-order valence-corrected chi connectivity index (χ3v) is 13.5. The van der Waals surface area contributed by atoms with Crippen LogP contribution in [0.2, 0.25) is 0 Å². The predicted octanol–water partition coefficient (Wildman–Crippen LogP) is 7.51. The van der Waals surface area contributed by atoms with Crippen LogP contribution >= 0.6 is 0 Å². The Morgan fingerprint density at radius 1 is 1.03 bits per heavy atom. The molecule has 1 aliphatic carbocycles. The minimum Gasteiger partial charge on any atom is -0.486 e. The fourth-order valence-corrected chi connectivity index (χ4v) is 9.79. The van der Waals surface area contributed by atoms with Crippen molar-refractivity contribution in [2.75, 3.05) is 38.3 Å². The summed E-state index contributed by atoms with van der Waals surface area (Å²) in [5.41, 5.74) is 6.87. The number of rotatable bonds is 14. The van der Waals surface area contributed by atoms with E-state index in [1.807, 2.05) is 49.2 Å². The highest BCUT2D eigenvalue weighted by Gasteiger charge is 2.41. The molecule has 2 N–H and O–H groups in total. The van der Waals surface area contributed by atoms with E-state index in [1.165, 1.54) is 6.07 Å². The highest BCUT2D eigenvalue weighted by Crippen LogP contribution is 2.53. The zero-order valence-electron chi connectivity index (χ0n) is 36.3. The molecule has 4 unspecified atom stereocenters. The van der Waals surface area contributed by atoms with Crippen LogP contribution in [-0.2, 0) is 16.1 Å². The summed E-state index contributed by atoms with van der Waals surface area (Å²) >= 11 is 0. The molecule has 0 radical (unpaired) electrons. The Balaban J connectivity index is 1.05. The van der Waals surface area contributed by atoms with Gasteiger partial charge in [-0.1, -0.05) is 43.3 Å². The van der Waals surface area contributed by atoms with Gasteiger partial charge in [0, 0.05) is 72.3 Å². The monoisotopic (exact) mass is 842 g/mol. The number of nitrogens with one attached hydrogen (secondary N) is 2. The Bertz CT molecular complexity index is 2640. The molecule has 0 spiro atoms. The molecule has 4 aliphatic rings. The van der Waals surface area contributed by atoms with Crippen LogP contribution in [0.4, 0.5) is 10.2 Å². The number of halogens is 1. The van der Waals surface area contributed by atoms with Crippen molar-refractivity contribution in [3.8, 4) is 34.1 Å². The molecular weight excluding hydrogens is 788 g/mol.